The lowest BCUT2D eigenvalue weighted by molar-refractivity contribution is 0.0944. The van der Waals surface area contributed by atoms with Gasteiger partial charge in [0, 0.05) is 10.9 Å². The van der Waals surface area contributed by atoms with E-state index in [1.165, 1.54) is 11.3 Å². The monoisotopic (exact) mass is 328 g/mol. The number of hydrogen-bond donors (Lipinski definition) is 1. The summed E-state index contributed by atoms with van der Waals surface area (Å²) in [6.45, 7) is 2.90. The molecule has 1 N–H and O–H groups in total. The average Bonchev–Trinajstić information content (AvgIpc) is 3.25. The van der Waals surface area contributed by atoms with Crippen molar-refractivity contribution >= 4 is 17.2 Å². The molecule has 0 atom stereocenters. The Morgan fingerprint density at radius 3 is 3.04 bits per heavy atom. The summed E-state index contributed by atoms with van der Waals surface area (Å²) in [6, 6.07) is 11.3. The molecule has 3 rings (SSSR count). The van der Waals surface area contributed by atoms with Crippen LogP contribution in [0.2, 0.25) is 0 Å². The minimum atomic E-state index is -0.218. The van der Waals surface area contributed by atoms with Crippen LogP contribution in [0.4, 0.5) is 0 Å². The highest BCUT2D eigenvalue weighted by molar-refractivity contribution is 7.13. The standard InChI is InChI=1S/C17H16N2O3S/c1-2-21-13-6-3-5-12(9-13)17-19-15(11-23-17)16(20)18-10-14-7-4-8-22-14/h3-9,11H,2,10H2,1H3,(H,18,20). The second-order valence-corrected chi connectivity index (χ2v) is 5.62. The Kier molecular flexibility index (Phi) is 4.73. The first-order valence-electron chi connectivity index (χ1n) is 7.25. The van der Waals surface area contributed by atoms with Crippen molar-refractivity contribution in [1.29, 1.82) is 0 Å². The van der Waals surface area contributed by atoms with Gasteiger partial charge < -0.3 is 14.5 Å². The molecule has 2 heterocycles. The SMILES string of the molecule is CCOc1cccc(-c2nc(C(=O)NCc3ccco3)cs2)c1. The van der Waals surface area contributed by atoms with Gasteiger partial charge in [0.2, 0.25) is 0 Å². The van der Waals surface area contributed by atoms with Gasteiger partial charge in [0.05, 0.1) is 19.4 Å². The molecule has 0 fully saturated rings. The summed E-state index contributed by atoms with van der Waals surface area (Å²) < 4.78 is 10.7. The molecule has 6 heteroatoms. The van der Waals surface area contributed by atoms with E-state index in [0.29, 0.717) is 24.6 Å². The summed E-state index contributed by atoms with van der Waals surface area (Å²) in [5.41, 5.74) is 1.34. The van der Waals surface area contributed by atoms with Gasteiger partial charge in [-0.05, 0) is 31.2 Å². The molecule has 3 aromatic rings. The molecule has 0 aliphatic carbocycles. The number of thiazole rings is 1. The largest absolute Gasteiger partial charge is 0.494 e. The van der Waals surface area contributed by atoms with E-state index in [0.717, 1.165) is 16.3 Å². The number of carbonyl (C=O) groups excluding carboxylic acids is 1. The molecule has 118 valence electrons. The number of nitrogens with one attached hydrogen (secondary N) is 1. The van der Waals surface area contributed by atoms with Gasteiger partial charge in [0.15, 0.2) is 0 Å². The van der Waals surface area contributed by atoms with Gasteiger partial charge in [-0.1, -0.05) is 12.1 Å². The normalized spacial score (nSPS) is 10.5. The van der Waals surface area contributed by atoms with Gasteiger partial charge in [-0.15, -0.1) is 11.3 Å². The Labute approximate surface area is 137 Å². The number of aromatic nitrogens is 1. The van der Waals surface area contributed by atoms with Crippen LogP contribution in [0.15, 0.2) is 52.5 Å². The van der Waals surface area contributed by atoms with E-state index in [1.807, 2.05) is 37.3 Å². The van der Waals surface area contributed by atoms with Crippen LogP contribution in [0.1, 0.15) is 23.2 Å². The highest BCUT2D eigenvalue weighted by Crippen LogP contribution is 2.27. The summed E-state index contributed by atoms with van der Waals surface area (Å²) in [6.07, 6.45) is 1.58. The molecule has 0 radical (unpaired) electrons. The predicted octanol–water partition coefficient (Wildman–Crippen LogP) is 3.73. The molecular formula is C17H16N2O3S. The topological polar surface area (TPSA) is 64.4 Å². The number of hydrogen-bond acceptors (Lipinski definition) is 5. The highest BCUT2D eigenvalue weighted by atomic mass is 32.1. The maximum absolute atomic E-state index is 12.1. The van der Waals surface area contributed by atoms with E-state index < -0.39 is 0 Å². The average molecular weight is 328 g/mol. The fourth-order valence-corrected chi connectivity index (χ4v) is 2.86. The van der Waals surface area contributed by atoms with Gasteiger partial charge in [-0.3, -0.25) is 4.79 Å². The van der Waals surface area contributed by atoms with Crippen molar-refractivity contribution in [2.75, 3.05) is 6.61 Å². The minimum Gasteiger partial charge on any atom is -0.494 e. The van der Waals surface area contributed by atoms with Gasteiger partial charge >= 0.3 is 0 Å². The van der Waals surface area contributed by atoms with E-state index in [4.69, 9.17) is 9.15 Å². The Bertz CT molecular complexity index is 781. The van der Waals surface area contributed by atoms with E-state index in [1.54, 1.807) is 17.7 Å². The molecule has 0 bridgehead atoms. The zero-order valence-corrected chi connectivity index (χ0v) is 13.4. The molecule has 1 amide bonds. The third-order valence-corrected chi connectivity index (χ3v) is 4.02. The number of rotatable bonds is 6. The van der Waals surface area contributed by atoms with Crippen molar-refractivity contribution < 1.29 is 13.9 Å². The first kappa shape index (κ1) is 15.3. The minimum absolute atomic E-state index is 0.218. The third-order valence-electron chi connectivity index (χ3n) is 3.13. The Hall–Kier alpha value is -2.60. The lowest BCUT2D eigenvalue weighted by atomic mass is 10.2. The molecule has 2 aromatic heterocycles. The zero-order chi connectivity index (χ0) is 16.1. The Morgan fingerprint density at radius 1 is 1.35 bits per heavy atom. The molecule has 0 aliphatic rings. The summed E-state index contributed by atoms with van der Waals surface area (Å²) in [4.78, 5) is 16.5. The lowest BCUT2D eigenvalue weighted by Crippen LogP contribution is -2.22. The summed E-state index contributed by atoms with van der Waals surface area (Å²) in [5.74, 6) is 1.28. The number of amides is 1. The smallest absolute Gasteiger partial charge is 0.271 e. The second kappa shape index (κ2) is 7.11. The first-order valence-corrected chi connectivity index (χ1v) is 8.13. The molecule has 1 aromatic carbocycles. The second-order valence-electron chi connectivity index (χ2n) is 4.76. The van der Waals surface area contributed by atoms with Crippen molar-refractivity contribution in [2.24, 2.45) is 0 Å². The highest BCUT2D eigenvalue weighted by Gasteiger charge is 2.12. The van der Waals surface area contributed by atoms with Crippen molar-refractivity contribution in [3.05, 3.63) is 59.5 Å². The van der Waals surface area contributed by atoms with Crippen molar-refractivity contribution in [2.45, 2.75) is 13.5 Å². The summed E-state index contributed by atoms with van der Waals surface area (Å²) in [7, 11) is 0. The van der Waals surface area contributed by atoms with Crippen molar-refractivity contribution in [3.63, 3.8) is 0 Å². The molecule has 0 unspecified atom stereocenters. The van der Waals surface area contributed by atoms with Crippen molar-refractivity contribution in [1.82, 2.24) is 10.3 Å². The molecule has 23 heavy (non-hydrogen) atoms. The van der Waals surface area contributed by atoms with E-state index in [2.05, 4.69) is 10.3 Å². The molecular weight excluding hydrogens is 312 g/mol. The third kappa shape index (κ3) is 3.78. The Morgan fingerprint density at radius 2 is 2.26 bits per heavy atom. The predicted molar refractivity (Wildman–Crippen MR) is 88.6 cm³/mol. The van der Waals surface area contributed by atoms with Crippen LogP contribution in [-0.2, 0) is 6.54 Å². The fraction of sp³-hybridized carbons (Fsp3) is 0.176. The van der Waals surface area contributed by atoms with Crippen molar-refractivity contribution in [3.8, 4) is 16.3 Å². The first-order chi connectivity index (χ1) is 11.3. The number of nitrogens with zero attached hydrogens (tertiary/aromatic N) is 1. The van der Waals surface area contributed by atoms with Crippen LogP contribution < -0.4 is 10.1 Å². The summed E-state index contributed by atoms with van der Waals surface area (Å²) >= 11 is 1.43. The fourth-order valence-electron chi connectivity index (χ4n) is 2.07. The molecule has 0 saturated heterocycles. The van der Waals surface area contributed by atoms with Gasteiger partial charge in [0.1, 0.15) is 22.2 Å². The van der Waals surface area contributed by atoms with Gasteiger partial charge in [0.25, 0.3) is 5.91 Å². The van der Waals surface area contributed by atoms with Crippen LogP contribution in [0.25, 0.3) is 10.6 Å². The number of carbonyl (C=O) groups is 1. The quantitative estimate of drug-likeness (QED) is 0.749. The van der Waals surface area contributed by atoms with E-state index in [-0.39, 0.29) is 5.91 Å². The maximum atomic E-state index is 12.1. The maximum Gasteiger partial charge on any atom is 0.271 e. The molecule has 0 spiro atoms. The van der Waals surface area contributed by atoms with Crippen LogP contribution in [0.5, 0.6) is 5.75 Å². The molecule has 0 aliphatic heterocycles. The Balaban J connectivity index is 1.69. The van der Waals surface area contributed by atoms with Crippen LogP contribution in [0, 0.1) is 0 Å². The van der Waals surface area contributed by atoms with E-state index >= 15 is 0 Å². The van der Waals surface area contributed by atoms with Crippen LogP contribution in [0.3, 0.4) is 0 Å². The van der Waals surface area contributed by atoms with Gasteiger partial charge in [-0.2, -0.15) is 0 Å². The van der Waals surface area contributed by atoms with Crippen LogP contribution >= 0.6 is 11.3 Å². The lowest BCUT2D eigenvalue weighted by Gasteiger charge is -2.04. The summed E-state index contributed by atoms with van der Waals surface area (Å²) in [5, 5.41) is 5.32. The molecule has 0 saturated carbocycles. The zero-order valence-electron chi connectivity index (χ0n) is 12.6. The number of ether oxygens (including phenoxy) is 1. The number of benzene rings is 1. The number of furan rings is 1. The molecule has 5 nitrogen and oxygen atoms in total. The van der Waals surface area contributed by atoms with Gasteiger partial charge in [-0.25, -0.2) is 4.98 Å². The van der Waals surface area contributed by atoms with Crippen LogP contribution in [-0.4, -0.2) is 17.5 Å². The van der Waals surface area contributed by atoms with E-state index in [9.17, 15) is 4.79 Å².